The molecule has 1 unspecified atom stereocenters. The van der Waals surface area contributed by atoms with E-state index in [0.29, 0.717) is 6.42 Å². The van der Waals surface area contributed by atoms with E-state index in [0.717, 1.165) is 21.7 Å². The minimum atomic E-state index is -3.75. The number of carbonyl (C=O) groups is 2. The van der Waals surface area contributed by atoms with Gasteiger partial charge < -0.3 is 10.2 Å². The third-order valence-corrected chi connectivity index (χ3v) is 6.69. The molecule has 0 saturated heterocycles. The Labute approximate surface area is 195 Å². The van der Waals surface area contributed by atoms with Crippen molar-refractivity contribution in [2.75, 3.05) is 24.2 Å². The van der Waals surface area contributed by atoms with Crippen molar-refractivity contribution in [2.45, 2.75) is 45.7 Å². The van der Waals surface area contributed by atoms with Crippen LogP contribution in [-0.4, -0.2) is 51.0 Å². The minimum Gasteiger partial charge on any atom is -0.357 e. The Balaban J connectivity index is 2.21. The number of nitrogens with zero attached hydrogens (tertiary/aromatic N) is 2. The fourth-order valence-corrected chi connectivity index (χ4v) is 4.66. The van der Waals surface area contributed by atoms with Crippen molar-refractivity contribution >= 4 is 27.5 Å². The van der Waals surface area contributed by atoms with Gasteiger partial charge in [0.1, 0.15) is 11.9 Å². The molecule has 0 aliphatic heterocycles. The lowest BCUT2D eigenvalue weighted by Gasteiger charge is -2.31. The van der Waals surface area contributed by atoms with Crippen molar-refractivity contribution in [2.24, 2.45) is 0 Å². The zero-order valence-electron chi connectivity index (χ0n) is 19.5. The monoisotopic (exact) mass is 477 g/mol. The lowest BCUT2D eigenvalue weighted by Crippen LogP contribution is -2.48. The molecule has 180 valence electrons. The summed E-state index contributed by atoms with van der Waals surface area (Å²) in [7, 11) is -2.22. The molecule has 1 N–H and O–H groups in total. The fourth-order valence-electron chi connectivity index (χ4n) is 3.69. The van der Waals surface area contributed by atoms with Crippen LogP contribution in [0.4, 0.5) is 10.1 Å². The number of para-hydroxylation sites is 1. The Kier molecular flexibility index (Phi) is 9.40. The van der Waals surface area contributed by atoms with Crippen LogP contribution in [0.15, 0.2) is 48.5 Å². The van der Waals surface area contributed by atoms with Crippen molar-refractivity contribution in [1.29, 1.82) is 0 Å². The van der Waals surface area contributed by atoms with Crippen molar-refractivity contribution in [3.8, 4) is 0 Å². The smallest absolute Gasteiger partial charge is 0.242 e. The summed E-state index contributed by atoms with van der Waals surface area (Å²) in [6, 6.07) is 12.6. The van der Waals surface area contributed by atoms with Gasteiger partial charge in [-0.3, -0.25) is 13.9 Å². The summed E-state index contributed by atoms with van der Waals surface area (Å²) >= 11 is 0. The van der Waals surface area contributed by atoms with E-state index in [1.54, 1.807) is 6.07 Å². The van der Waals surface area contributed by atoms with E-state index in [4.69, 9.17) is 0 Å². The van der Waals surface area contributed by atoms with Crippen LogP contribution in [0.5, 0.6) is 0 Å². The summed E-state index contributed by atoms with van der Waals surface area (Å²) < 4.78 is 39.7. The molecule has 0 saturated carbocycles. The van der Waals surface area contributed by atoms with E-state index >= 15 is 0 Å². The Morgan fingerprint density at radius 3 is 2.30 bits per heavy atom. The van der Waals surface area contributed by atoms with E-state index in [1.165, 1.54) is 30.1 Å². The van der Waals surface area contributed by atoms with E-state index in [2.05, 4.69) is 5.32 Å². The maximum Gasteiger partial charge on any atom is 0.242 e. The van der Waals surface area contributed by atoms with Crippen molar-refractivity contribution in [3.05, 3.63) is 65.5 Å². The second-order valence-corrected chi connectivity index (χ2v) is 9.78. The zero-order valence-corrected chi connectivity index (χ0v) is 20.4. The highest BCUT2D eigenvalue weighted by atomic mass is 32.2. The second-order valence-electron chi connectivity index (χ2n) is 7.88. The van der Waals surface area contributed by atoms with Gasteiger partial charge in [0.2, 0.25) is 21.8 Å². The lowest BCUT2D eigenvalue weighted by atomic mass is 10.1. The summed E-state index contributed by atoms with van der Waals surface area (Å²) in [5.41, 5.74) is 1.88. The van der Waals surface area contributed by atoms with Gasteiger partial charge in [0.25, 0.3) is 0 Å². The molecule has 0 aliphatic rings. The molecular formula is C24H32FN3O4S. The van der Waals surface area contributed by atoms with Crippen LogP contribution in [0.2, 0.25) is 0 Å². The molecule has 2 amide bonds. The normalized spacial score (nSPS) is 12.2. The molecule has 0 radical (unpaired) electrons. The predicted octanol–water partition coefficient (Wildman–Crippen LogP) is 3.23. The molecule has 1 atom stereocenters. The van der Waals surface area contributed by atoms with Crippen LogP contribution in [0.25, 0.3) is 0 Å². The minimum absolute atomic E-state index is 0.0137. The molecule has 0 aliphatic carbocycles. The van der Waals surface area contributed by atoms with Gasteiger partial charge in [0.15, 0.2) is 0 Å². The molecule has 0 aromatic heterocycles. The quantitative estimate of drug-likeness (QED) is 0.538. The van der Waals surface area contributed by atoms with Crippen LogP contribution in [0, 0.1) is 12.7 Å². The average molecular weight is 478 g/mol. The summed E-state index contributed by atoms with van der Waals surface area (Å²) in [4.78, 5) is 27.2. The first-order valence-electron chi connectivity index (χ1n) is 10.9. The van der Waals surface area contributed by atoms with Crippen LogP contribution in [-0.2, 0) is 26.2 Å². The van der Waals surface area contributed by atoms with Gasteiger partial charge in [-0.15, -0.1) is 0 Å². The maximum atomic E-state index is 14.2. The molecule has 2 rings (SSSR count). The molecule has 0 fully saturated rings. The van der Waals surface area contributed by atoms with Crippen molar-refractivity contribution in [3.63, 3.8) is 0 Å². The molecule has 0 heterocycles. The van der Waals surface area contributed by atoms with Gasteiger partial charge in [-0.2, -0.15) is 0 Å². The number of hydrogen-bond acceptors (Lipinski definition) is 4. The number of hydrogen-bond donors (Lipinski definition) is 1. The Bertz CT molecular complexity index is 1070. The highest BCUT2D eigenvalue weighted by molar-refractivity contribution is 7.92. The standard InChI is InChI=1S/C24H32FN3O4S/c1-5-21(24(30)26-3)27(17-19-12-7-6-11-18(19)2)23(29)15-10-16-28(33(4,31)32)22-14-9-8-13-20(22)25/h6-9,11-14,21H,5,10,15-17H2,1-4H3,(H,26,30). The van der Waals surface area contributed by atoms with E-state index < -0.39 is 21.9 Å². The number of carbonyl (C=O) groups excluding carboxylic acids is 2. The third-order valence-electron chi connectivity index (χ3n) is 5.51. The molecule has 9 heteroatoms. The third kappa shape index (κ3) is 7.02. The Morgan fingerprint density at radius 2 is 1.73 bits per heavy atom. The summed E-state index contributed by atoms with van der Waals surface area (Å²) in [5.74, 6) is -1.18. The van der Waals surface area contributed by atoms with E-state index in [-0.39, 0.29) is 43.4 Å². The highest BCUT2D eigenvalue weighted by Gasteiger charge is 2.28. The first-order valence-corrected chi connectivity index (χ1v) is 12.7. The summed E-state index contributed by atoms with van der Waals surface area (Å²) in [6.45, 7) is 3.99. The van der Waals surface area contributed by atoms with Crippen molar-refractivity contribution < 1.29 is 22.4 Å². The van der Waals surface area contributed by atoms with Gasteiger partial charge in [-0.05, 0) is 43.0 Å². The molecule has 2 aromatic carbocycles. The molecular weight excluding hydrogens is 445 g/mol. The highest BCUT2D eigenvalue weighted by Crippen LogP contribution is 2.22. The Morgan fingerprint density at radius 1 is 1.09 bits per heavy atom. The topological polar surface area (TPSA) is 86.8 Å². The molecule has 7 nitrogen and oxygen atoms in total. The predicted molar refractivity (Wildman–Crippen MR) is 128 cm³/mol. The van der Waals surface area contributed by atoms with E-state index in [9.17, 15) is 22.4 Å². The number of likely N-dealkylation sites (N-methyl/N-ethyl adjacent to an activating group) is 1. The SMILES string of the molecule is CCC(C(=O)NC)N(Cc1ccccc1C)C(=O)CCCN(c1ccccc1F)S(C)(=O)=O. The number of halogens is 1. The maximum absolute atomic E-state index is 14.2. The average Bonchev–Trinajstić information content (AvgIpc) is 2.77. The molecule has 0 bridgehead atoms. The largest absolute Gasteiger partial charge is 0.357 e. The number of anilines is 1. The van der Waals surface area contributed by atoms with Crippen molar-refractivity contribution in [1.82, 2.24) is 10.2 Å². The van der Waals surface area contributed by atoms with Gasteiger partial charge >= 0.3 is 0 Å². The zero-order chi connectivity index (χ0) is 24.6. The van der Waals surface area contributed by atoms with Gasteiger partial charge in [-0.25, -0.2) is 12.8 Å². The number of aryl methyl sites for hydroxylation is 1. The van der Waals surface area contributed by atoms with Gasteiger partial charge in [0, 0.05) is 26.6 Å². The Hall–Kier alpha value is -2.94. The second kappa shape index (κ2) is 11.8. The number of sulfonamides is 1. The number of amides is 2. The first-order chi connectivity index (χ1) is 15.6. The van der Waals surface area contributed by atoms with Crippen LogP contribution < -0.4 is 9.62 Å². The summed E-state index contributed by atoms with van der Waals surface area (Å²) in [5, 5.41) is 2.61. The van der Waals surface area contributed by atoms with Gasteiger partial charge in [0.05, 0.1) is 11.9 Å². The number of nitrogens with one attached hydrogen (secondary N) is 1. The first kappa shape index (κ1) is 26.3. The van der Waals surface area contributed by atoms with Crippen LogP contribution in [0.1, 0.15) is 37.3 Å². The molecule has 2 aromatic rings. The van der Waals surface area contributed by atoms with Crippen LogP contribution >= 0.6 is 0 Å². The fraction of sp³-hybridized carbons (Fsp3) is 0.417. The number of rotatable bonds is 11. The van der Waals surface area contributed by atoms with Gasteiger partial charge in [-0.1, -0.05) is 43.3 Å². The van der Waals surface area contributed by atoms with Crippen LogP contribution in [0.3, 0.4) is 0 Å². The summed E-state index contributed by atoms with van der Waals surface area (Å²) in [6.07, 6.45) is 1.63. The molecule has 0 spiro atoms. The molecule has 33 heavy (non-hydrogen) atoms. The number of benzene rings is 2. The lowest BCUT2D eigenvalue weighted by molar-refractivity contribution is -0.141. The van der Waals surface area contributed by atoms with E-state index in [1.807, 2.05) is 38.1 Å².